The van der Waals surface area contributed by atoms with Crippen LogP contribution in [0.4, 0.5) is 0 Å². The second-order valence-corrected chi connectivity index (χ2v) is 7.71. The van der Waals surface area contributed by atoms with Crippen molar-refractivity contribution in [1.29, 1.82) is 0 Å². The molecular weight excluding hydrogens is 388 g/mol. The highest BCUT2D eigenvalue weighted by Crippen LogP contribution is 2.22. The molecule has 0 aliphatic carbocycles. The number of hydrogen-bond acceptors (Lipinski definition) is 4. The zero-order valence-corrected chi connectivity index (χ0v) is 18.0. The number of rotatable bonds is 7. The van der Waals surface area contributed by atoms with Gasteiger partial charge in [0.05, 0.1) is 24.6 Å². The van der Waals surface area contributed by atoms with E-state index < -0.39 is 0 Å². The average Bonchev–Trinajstić information content (AvgIpc) is 2.81. The Balaban J connectivity index is 1.64. The summed E-state index contributed by atoms with van der Waals surface area (Å²) in [6, 6.07) is 23.1. The van der Waals surface area contributed by atoms with Gasteiger partial charge in [-0.15, -0.1) is 0 Å². The lowest BCUT2D eigenvalue weighted by atomic mass is 10.0. The molecular formula is C26H26N2O3. The van der Waals surface area contributed by atoms with E-state index in [4.69, 9.17) is 14.5 Å². The summed E-state index contributed by atoms with van der Waals surface area (Å²) < 4.78 is 12.9. The highest BCUT2D eigenvalue weighted by atomic mass is 16.5. The van der Waals surface area contributed by atoms with Gasteiger partial charge in [-0.25, -0.2) is 4.98 Å². The van der Waals surface area contributed by atoms with Gasteiger partial charge in [-0.2, -0.15) is 0 Å². The molecule has 0 N–H and O–H groups in total. The predicted octanol–water partition coefficient (Wildman–Crippen LogP) is 5.27. The van der Waals surface area contributed by atoms with E-state index in [0.29, 0.717) is 35.8 Å². The van der Waals surface area contributed by atoms with Crippen LogP contribution < -0.4 is 15.0 Å². The second-order valence-electron chi connectivity index (χ2n) is 7.71. The Morgan fingerprint density at radius 1 is 0.903 bits per heavy atom. The van der Waals surface area contributed by atoms with E-state index in [-0.39, 0.29) is 5.56 Å². The largest absolute Gasteiger partial charge is 0.497 e. The van der Waals surface area contributed by atoms with E-state index in [1.165, 1.54) is 5.56 Å². The van der Waals surface area contributed by atoms with Gasteiger partial charge in [0, 0.05) is 5.56 Å². The van der Waals surface area contributed by atoms with Crippen molar-refractivity contribution in [3.63, 3.8) is 0 Å². The Morgan fingerprint density at radius 3 is 2.26 bits per heavy atom. The first-order valence-electron chi connectivity index (χ1n) is 10.4. The number of benzene rings is 3. The summed E-state index contributed by atoms with van der Waals surface area (Å²) in [7, 11) is 1.63. The average molecular weight is 415 g/mol. The lowest BCUT2D eigenvalue weighted by Crippen LogP contribution is -2.26. The SMILES string of the molecule is COc1ccc(-c2nc3ccccc3c(=O)n2CCOc2ccc(C(C)C)cc2)cc1. The summed E-state index contributed by atoms with van der Waals surface area (Å²) >= 11 is 0. The van der Waals surface area contributed by atoms with Gasteiger partial charge in [0.1, 0.15) is 23.9 Å². The van der Waals surface area contributed by atoms with E-state index in [9.17, 15) is 4.79 Å². The molecule has 0 atom stereocenters. The van der Waals surface area contributed by atoms with E-state index in [2.05, 4.69) is 26.0 Å². The minimum absolute atomic E-state index is 0.0739. The maximum atomic E-state index is 13.3. The van der Waals surface area contributed by atoms with Gasteiger partial charge < -0.3 is 9.47 Å². The van der Waals surface area contributed by atoms with Crippen LogP contribution in [0.2, 0.25) is 0 Å². The second kappa shape index (κ2) is 9.04. The standard InChI is InChI=1S/C26H26N2O3/c1-18(2)19-8-14-22(15-9-19)31-17-16-28-25(20-10-12-21(30-3)13-11-20)27-24-7-5-4-6-23(24)26(28)29/h4-15,18H,16-17H2,1-3H3. The number of hydrogen-bond donors (Lipinski definition) is 0. The first-order valence-corrected chi connectivity index (χ1v) is 10.4. The molecule has 1 heterocycles. The molecule has 0 unspecified atom stereocenters. The zero-order valence-electron chi connectivity index (χ0n) is 18.0. The molecule has 31 heavy (non-hydrogen) atoms. The third-order valence-corrected chi connectivity index (χ3v) is 5.34. The van der Waals surface area contributed by atoms with Crippen molar-refractivity contribution in [3.05, 3.63) is 88.7 Å². The molecule has 0 radical (unpaired) electrons. The molecule has 0 amide bonds. The van der Waals surface area contributed by atoms with Gasteiger partial charge in [0.15, 0.2) is 0 Å². The number of aromatic nitrogens is 2. The van der Waals surface area contributed by atoms with Crippen molar-refractivity contribution < 1.29 is 9.47 Å². The number of fused-ring (bicyclic) bond motifs is 1. The normalized spacial score (nSPS) is 11.1. The van der Waals surface area contributed by atoms with Gasteiger partial charge in [-0.1, -0.05) is 38.1 Å². The molecule has 4 rings (SSSR count). The van der Waals surface area contributed by atoms with Crippen LogP contribution in [0, 0.1) is 0 Å². The van der Waals surface area contributed by atoms with Crippen molar-refractivity contribution in [2.45, 2.75) is 26.3 Å². The van der Waals surface area contributed by atoms with Crippen molar-refractivity contribution in [1.82, 2.24) is 9.55 Å². The minimum atomic E-state index is -0.0739. The monoisotopic (exact) mass is 414 g/mol. The lowest BCUT2D eigenvalue weighted by Gasteiger charge is -2.15. The predicted molar refractivity (Wildman–Crippen MR) is 124 cm³/mol. The van der Waals surface area contributed by atoms with Gasteiger partial charge in [-0.05, 0) is 60.0 Å². The smallest absolute Gasteiger partial charge is 0.261 e. The molecule has 0 aliphatic heterocycles. The molecule has 5 heteroatoms. The highest BCUT2D eigenvalue weighted by Gasteiger charge is 2.13. The highest BCUT2D eigenvalue weighted by molar-refractivity contribution is 5.79. The van der Waals surface area contributed by atoms with Crippen molar-refractivity contribution in [2.75, 3.05) is 13.7 Å². The number of ether oxygens (including phenoxy) is 2. The van der Waals surface area contributed by atoms with E-state index >= 15 is 0 Å². The first kappa shape index (κ1) is 20.7. The topological polar surface area (TPSA) is 53.3 Å². The Hall–Kier alpha value is -3.60. The van der Waals surface area contributed by atoms with Crippen LogP contribution >= 0.6 is 0 Å². The van der Waals surface area contributed by atoms with Crippen molar-refractivity contribution >= 4 is 10.9 Å². The maximum Gasteiger partial charge on any atom is 0.261 e. The van der Waals surface area contributed by atoms with Crippen LogP contribution in [0.3, 0.4) is 0 Å². The molecule has 3 aromatic carbocycles. The molecule has 0 fully saturated rings. The molecule has 158 valence electrons. The molecule has 4 aromatic rings. The third-order valence-electron chi connectivity index (χ3n) is 5.34. The quantitative estimate of drug-likeness (QED) is 0.413. The summed E-state index contributed by atoms with van der Waals surface area (Å²) in [4.78, 5) is 18.0. The van der Waals surface area contributed by atoms with Crippen LogP contribution in [0.1, 0.15) is 25.3 Å². The fourth-order valence-corrected chi connectivity index (χ4v) is 3.54. The first-order chi connectivity index (χ1) is 15.1. The molecule has 0 aliphatic rings. The lowest BCUT2D eigenvalue weighted by molar-refractivity contribution is 0.297. The fraction of sp³-hybridized carbons (Fsp3) is 0.231. The number of para-hydroxylation sites is 1. The Labute approximate surface area is 181 Å². The summed E-state index contributed by atoms with van der Waals surface area (Å²) in [6.45, 7) is 5.08. The maximum absolute atomic E-state index is 13.3. The Morgan fingerprint density at radius 2 is 1.58 bits per heavy atom. The van der Waals surface area contributed by atoms with Crippen LogP contribution in [0.15, 0.2) is 77.6 Å². The van der Waals surface area contributed by atoms with Gasteiger partial charge in [0.2, 0.25) is 0 Å². The van der Waals surface area contributed by atoms with Crippen LogP contribution in [0.25, 0.3) is 22.3 Å². The molecule has 0 bridgehead atoms. The summed E-state index contributed by atoms with van der Waals surface area (Å²) in [5.41, 5.74) is 2.73. The van der Waals surface area contributed by atoms with Gasteiger partial charge >= 0.3 is 0 Å². The van der Waals surface area contributed by atoms with Crippen LogP contribution in [0.5, 0.6) is 11.5 Å². The van der Waals surface area contributed by atoms with Crippen LogP contribution in [-0.4, -0.2) is 23.3 Å². The van der Waals surface area contributed by atoms with Crippen LogP contribution in [-0.2, 0) is 6.54 Å². The zero-order chi connectivity index (χ0) is 21.8. The molecule has 1 aromatic heterocycles. The molecule has 0 saturated carbocycles. The van der Waals surface area contributed by atoms with Gasteiger partial charge in [0.25, 0.3) is 5.56 Å². The van der Waals surface area contributed by atoms with Crippen molar-refractivity contribution in [3.8, 4) is 22.9 Å². The molecule has 0 spiro atoms. The van der Waals surface area contributed by atoms with Crippen molar-refractivity contribution in [2.24, 2.45) is 0 Å². The summed E-state index contributed by atoms with van der Waals surface area (Å²) in [5, 5.41) is 0.598. The number of methoxy groups -OCH3 is 1. The molecule has 0 saturated heterocycles. The summed E-state index contributed by atoms with van der Waals surface area (Å²) in [5.74, 6) is 2.64. The Bertz CT molecular complexity index is 1230. The van der Waals surface area contributed by atoms with E-state index in [1.807, 2.05) is 60.7 Å². The van der Waals surface area contributed by atoms with E-state index in [1.54, 1.807) is 11.7 Å². The minimum Gasteiger partial charge on any atom is -0.497 e. The summed E-state index contributed by atoms with van der Waals surface area (Å²) in [6.07, 6.45) is 0. The number of nitrogens with zero attached hydrogens (tertiary/aromatic N) is 2. The Kier molecular flexibility index (Phi) is 6.03. The third kappa shape index (κ3) is 4.45. The fourth-order valence-electron chi connectivity index (χ4n) is 3.54. The molecule has 5 nitrogen and oxygen atoms in total. The van der Waals surface area contributed by atoms with E-state index in [0.717, 1.165) is 17.1 Å². The van der Waals surface area contributed by atoms with Gasteiger partial charge in [-0.3, -0.25) is 9.36 Å².